The van der Waals surface area contributed by atoms with Crippen molar-refractivity contribution in [3.63, 3.8) is 0 Å². The van der Waals surface area contributed by atoms with Gasteiger partial charge in [0.1, 0.15) is 10.6 Å². The van der Waals surface area contributed by atoms with Crippen LogP contribution in [0.15, 0.2) is 34.2 Å². The summed E-state index contributed by atoms with van der Waals surface area (Å²) in [7, 11) is 0. The number of fused-ring (bicyclic) bond motifs is 3. The van der Waals surface area contributed by atoms with Crippen LogP contribution in [0.2, 0.25) is 0 Å². The third-order valence-corrected chi connectivity index (χ3v) is 7.34. The summed E-state index contributed by atoms with van der Waals surface area (Å²) in [5.41, 5.74) is 2.18. The van der Waals surface area contributed by atoms with Crippen molar-refractivity contribution < 1.29 is 9.50 Å². The van der Waals surface area contributed by atoms with E-state index in [4.69, 9.17) is 4.98 Å². The molecule has 0 unspecified atom stereocenters. The SMILES string of the molecule is C[C@H]1CCc2c(sc3nc(SCCO)n(CCc4ccc(F)cc4)c(=O)c23)C1. The molecule has 1 N–H and O–H groups in total. The summed E-state index contributed by atoms with van der Waals surface area (Å²) in [6.07, 6.45) is 3.69. The van der Waals surface area contributed by atoms with Gasteiger partial charge in [0.05, 0.1) is 12.0 Å². The fraction of sp³-hybridized carbons (Fsp3) is 0.429. The van der Waals surface area contributed by atoms with Crippen LogP contribution in [0.3, 0.4) is 0 Å². The maximum Gasteiger partial charge on any atom is 0.263 e. The normalized spacial score (nSPS) is 16.5. The molecule has 1 aliphatic rings. The molecular weight excluding hydrogens is 395 g/mol. The summed E-state index contributed by atoms with van der Waals surface area (Å²) in [6, 6.07) is 6.39. The number of aryl methyl sites for hydroxylation is 2. The molecule has 0 bridgehead atoms. The minimum absolute atomic E-state index is 0.0135. The standard InChI is InChI=1S/C21H23FN2O2S2/c1-13-2-7-16-17(12-13)28-19-18(16)20(26)24(21(23-19)27-11-10-25)9-8-14-3-5-15(22)6-4-14/h3-6,13,25H,2,7-12H2,1H3/t13-/m0/s1. The van der Waals surface area contributed by atoms with E-state index in [2.05, 4.69) is 6.92 Å². The van der Waals surface area contributed by atoms with E-state index in [-0.39, 0.29) is 18.0 Å². The average Bonchev–Trinajstić information content (AvgIpc) is 3.04. The van der Waals surface area contributed by atoms with Crippen molar-refractivity contribution >= 4 is 33.3 Å². The van der Waals surface area contributed by atoms with E-state index < -0.39 is 0 Å². The van der Waals surface area contributed by atoms with Crippen molar-refractivity contribution in [2.75, 3.05) is 12.4 Å². The van der Waals surface area contributed by atoms with Gasteiger partial charge in [-0.15, -0.1) is 11.3 Å². The van der Waals surface area contributed by atoms with Crippen molar-refractivity contribution in [2.45, 2.75) is 44.3 Å². The number of thioether (sulfide) groups is 1. The van der Waals surface area contributed by atoms with Crippen LogP contribution in [-0.2, 0) is 25.8 Å². The molecule has 3 aromatic rings. The third kappa shape index (κ3) is 3.88. The van der Waals surface area contributed by atoms with Crippen LogP contribution in [0.25, 0.3) is 10.2 Å². The number of thiophene rings is 1. The number of hydrogen-bond donors (Lipinski definition) is 1. The lowest BCUT2D eigenvalue weighted by molar-refractivity contribution is 0.322. The summed E-state index contributed by atoms with van der Waals surface area (Å²) in [4.78, 5) is 20.3. The highest BCUT2D eigenvalue weighted by Gasteiger charge is 2.24. The van der Waals surface area contributed by atoms with Gasteiger partial charge in [-0.1, -0.05) is 30.8 Å². The Morgan fingerprint density at radius 2 is 2.14 bits per heavy atom. The van der Waals surface area contributed by atoms with Crippen LogP contribution in [0.5, 0.6) is 0 Å². The van der Waals surface area contributed by atoms with Gasteiger partial charge in [0.25, 0.3) is 5.56 Å². The molecule has 0 saturated carbocycles. The highest BCUT2D eigenvalue weighted by Crippen LogP contribution is 2.36. The van der Waals surface area contributed by atoms with Crippen LogP contribution < -0.4 is 5.56 Å². The van der Waals surface area contributed by atoms with E-state index in [1.165, 1.54) is 34.3 Å². The molecule has 1 atom stereocenters. The van der Waals surface area contributed by atoms with Crippen molar-refractivity contribution in [3.05, 3.63) is 56.4 Å². The smallest absolute Gasteiger partial charge is 0.263 e. The highest BCUT2D eigenvalue weighted by atomic mass is 32.2. The van der Waals surface area contributed by atoms with E-state index >= 15 is 0 Å². The second-order valence-electron chi connectivity index (χ2n) is 7.33. The lowest BCUT2D eigenvalue weighted by Gasteiger charge is -2.17. The number of hydrogen-bond acceptors (Lipinski definition) is 5. The van der Waals surface area contributed by atoms with Crippen LogP contribution >= 0.6 is 23.1 Å². The Morgan fingerprint density at radius 3 is 2.89 bits per heavy atom. The molecule has 2 aromatic heterocycles. The molecular formula is C21H23FN2O2S2. The molecule has 148 valence electrons. The van der Waals surface area contributed by atoms with Gasteiger partial charge in [-0.3, -0.25) is 9.36 Å². The van der Waals surface area contributed by atoms with Gasteiger partial charge in [0, 0.05) is 17.2 Å². The molecule has 4 rings (SSSR count). The summed E-state index contributed by atoms with van der Waals surface area (Å²) < 4.78 is 14.9. The molecule has 4 nitrogen and oxygen atoms in total. The van der Waals surface area contributed by atoms with Crippen LogP contribution in [0.1, 0.15) is 29.3 Å². The molecule has 28 heavy (non-hydrogen) atoms. The zero-order valence-corrected chi connectivity index (χ0v) is 17.4. The lowest BCUT2D eigenvalue weighted by Crippen LogP contribution is -2.25. The Hall–Kier alpha value is -1.70. The van der Waals surface area contributed by atoms with Crippen molar-refractivity contribution in [1.29, 1.82) is 0 Å². The summed E-state index contributed by atoms with van der Waals surface area (Å²) in [6.45, 7) is 2.78. The molecule has 0 radical (unpaired) electrons. The zero-order valence-electron chi connectivity index (χ0n) is 15.8. The van der Waals surface area contributed by atoms with Gasteiger partial charge in [0.15, 0.2) is 5.16 Å². The van der Waals surface area contributed by atoms with Gasteiger partial charge in [0.2, 0.25) is 0 Å². The molecule has 2 heterocycles. The number of nitrogens with zero attached hydrogens (tertiary/aromatic N) is 2. The minimum atomic E-state index is -0.262. The molecule has 1 aliphatic carbocycles. The first-order valence-corrected chi connectivity index (χ1v) is 11.4. The Kier molecular flexibility index (Phi) is 5.85. The second-order valence-corrected chi connectivity index (χ2v) is 9.48. The fourth-order valence-electron chi connectivity index (χ4n) is 3.74. The predicted octanol–water partition coefficient (Wildman–Crippen LogP) is 4.05. The van der Waals surface area contributed by atoms with Crippen LogP contribution in [0, 0.1) is 11.7 Å². The average molecular weight is 419 g/mol. The first-order valence-electron chi connectivity index (χ1n) is 9.60. The van der Waals surface area contributed by atoms with E-state index in [1.807, 2.05) is 0 Å². The topological polar surface area (TPSA) is 55.1 Å². The third-order valence-electron chi connectivity index (χ3n) is 5.24. The van der Waals surface area contributed by atoms with Crippen molar-refractivity contribution in [2.24, 2.45) is 5.92 Å². The summed E-state index contributed by atoms with van der Waals surface area (Å²) >= 11 is 3.06. The van der Waals surface area contributed by atoms with Gasteiger partial charge >= 0.3 is 0 Å². The number of aromatic nitrogens is 2. The second kappa shape index (κ2) is 8.35. The minimum Gasteiger partial charge on any atom is -0.396 e. The molecule has 0 aliphatic heterocycles. The van der Waals surface area contributed by atoms with Gasteiger partial charge in [-0.05, 0) is 54.9 Å². The van der Waals surface area contributed by atoms with Crippen molar-refractivity contribution in [3.8, 4) is 0 Å². The molecule has 1 aromatic carbocycles. The monoisotopic (exact) mass is 418 g/mol. The Labute approximate surface area is 171 Å². The maximum absolute atomic E-state index is 13.4. The number of aliphatic hydroxyl groups excluding tert-OH is 1. The van der Waals surface area contributed by atoms with Crippen molar-refractivity contribution in [1.82, 2.24) is 9.55 Å². The molecule has 0 fully saturated rings. The quantitative estimate of drug-likeness (QED) is 0.485. The largest absolute Gasteiger partial charge is 0.396 e. The maximum atomic E-state index is 13.4. The Balaban J connectivity index is 1.74. The van der Waals surface area contributed by atoms with Gasteiger partial charge in [-0.25, -0.2) is 9.37 Å². The fourth-order valence-corrected chi connectivity index (χ4v) is 5.93. The molecule has 0 spiro atoms. The van der Waals surface area contributed by atoms with Gasteiger partial charge < -0.3 is 5.11 Å². The number of aliphatic hydroxyl groups is 1. The van der Waals surface area contributed by atoms with E-state index in [0.29, 0.717) is 29.8 Å². The number of benzene rings is 1. The van der Waals surface area contributed by atoms with E-state index in [9.17, 15) is 14.3 Å². The molecule has 0 amide bonds. The first kappa shape index (κ1) is 19.6. The van der Waals surface area contributed by atoms with Crippen LogP contribution in [0.4, 0.5) is 4.39 Å². The van der Waals surface area contributed by atoms with Gasteiger partial charge in [-0.2, -0.15) is 0 Å². The summed E-state index contributed by atoms with van der Waals surface area (Å²) in [5.74, 6) is 0.878. The number of halogens is 1. The lowest BCUT2D eigenvalue weighted by atomic mass is 9.89. The zero-order chi connectivity index (χ0) is 19.7. The van der Waals surface area contributed by atoms with E-state index in [0.717, 1.165) is 35.0 Å². The Morgan fingerprint density at radius 1 is 1.36 bits per heavy atom. The predicted molar refractivity (Wildman–Crippen MR) is 113 cm³/mol. The van der Waals surface area contributed by atoms with E-state index in [1.54, 1.807) is 28.0 Å². The number of rotatable bonds is 6. The first-order chi connectivity index (χ1) is 13.6. The summed E-state index contributed by atoms with van der Waals surface area (Å²) in [5, 5.41) is 10.7. The highest BCUT2D eigenvalue weighted by molar-refractivity contribution is 7.99. The van der Waals surface area contributed by atoms with Crippen LogP contribution in [-0.4, -0.2) is 27.0 Å². The molecule has 0 saturated heterocycles. The Bertz CT molecular complexity index is 1040. The molecule has 7 heteroatoms.